The minimum absolute atomic E-state index is 0.0229. The monoisotopic (exact) mass is 291 g/mol. The molecule has 1 atom stereocenters. The Kier molecular flexibility index (Phi) is 3.94. The predicted octanol–water partition coefficient (Wildman–Crippen LogP) is 2.08. The molecule has 1 unspecified atom stereocenters. The van der Waals surface area contributed by atoms with Gasteiger partial charge in [0.15, 0.2) is 0 Å². The molecule has 1 saturated carbocycles. The number of hydrogen-bond donors (Lipinski definition) is 1. The number of nitrogens with zero attached hydrogens (tertiary/aromatic N) is 3. The van der Waals surface area contributed by atoms with Crippen LogP contribution in [-0.2, 0) is 4.79 Å². The fourth-order valence-corrected chi connectivity index (χ4v) is 3.49. The van der Waals surface area contributed by atoms with Gasteiger partial charge in [-0.25, -0.2) is 0 Å². The van der Waals surface area contributed by atoms with Gasteiger partial charge < -0.3 is 10.0 Å². The number of carboxylic acids is 1. The Bertz CT molecular complexity index is 534. The van der Waals surface area contributed by atoms with E-state index in [1.807, 2.05) is 10.9 Å². The van der Waals surface area contributed by atoms with Crippen molar-refractivity contribution >= 4 is 11.9 Å². The third-order valence-electron chi connectivity index (χ3n) is 4.57. The standard InChI is InChI=1S/C15H21N3O3/c19-14(20)10-12-6-3-8-17(12)15(21)13-7-9-18(16-13)11-4-1-2-5-11/h7,9,11-12H,1-6,8,10H2,(H,19,20). The summed E-state index contributed by atoms with van der Waals surface area (Å²) in [5, 5.41) is 13.4. The van der Waals surface area contributed by atoms with Crippen LogP contribution >= 0.6 is 0 Å². The summed E-state index contributed by atoms with van der Waals surface area (Å²) in [6.07, 6.45) is 8.23. The number of amides is 1. The molecule has 0 radical (unpaired) electrons. The van der Waals surface area contributed by atoms with Crippen molar-refractivity contribution in [2.75, 3.05) is 6.54 Å². The van der Waals surface area contributed by atoms with Crippen molar-refractivity contribution in [2.45, 2.75) is 57.0 Å². The zero-order valence-corrected chi connectivity index (χ0v) is 12.1. The molecule has 21 heavy (non-hydrogen) atoms. The lowest BCUT2D eigenvalue weighted by atomic mass is 10.1. The van der Waals surface area contributed by atoms with Gasteiger partial charge in [-0.3, -0.25) is 14.3 Å². The van der Waals surface area contributed by atoms with Crippen LogP contribution in [0.3, 0.4) is 0 Å². The van der Waals surface area contributed by atoms with E-state index >= 15 is 0 Å². The second kappa shape index (κ2) is 5.87. The lowest BCUT2D eigenvalue weighted by Gasteiger charge is -2.22. The topological polar surface area (TPSA) is 75.4 Å². The second-order valence-corrected chi connectivity index (χ2v) is 6.01. The van der Waals surface area contributed by atoms with Crippen LogP contribution in [0.15, 0.2) is 12.3 Å². The Morgan fingerprint density at radius 3 is 2.71 bits per heavy atom. The van der Waals surface area contributed by atoms with E-state index < -0.39 is 5.97 Å². The van der Waals surface area contributed by atoms with E-state index in [9.17, 15) is 9.59 Å². The fraction of sp³-hybridized carbons (Fsp3) is 0.667. The number of carbonyl (C=O) groups excluding carboxylic acids is 1. The molecule has 6 heteroatoms. The van der Waals surface area contributed by atoms with Crippen molar-refractivity contribution in [3.63, 3.8) is 0 Å². The lowest BCUT2D eigenvalue weighted by molar-refractivity contribution is -0.137. The van der Waals surface area contributed by atoms with Crippen molar-refractivity contribution in [1.82, 2.24) is 14.7 Å². The Morgan fingerprint density at radius 1 is 1.24 bits per heavy atom. The summed E-state index contributed by atoms with van der Waals surface area (Å²) in [5.74, 6) is -0.980. The van der Waals surface area contributed by atoms with Gasteiger partial charge in [-0.05, 0) is 31.7 Å². The molecule has 114 valence electrons. The summed E-state index contributed by atoms with van der Waals surface area (Å²) in [6.45, 7) is 0.632. The lowest BCUT2D eigenvalue weighted by Crippen LogP contribution is -2.37. The normalized spacial score (nSPS) is 22.9. The summed E-state index contributed by atoms with van der Waals surface area (Å²) in [7, 11) is 0. The summed E-state index contributed by atoms with van der Waals surface area (Å²) in [6, 6.07) is 1.99. The van der Waals surface area contributed by atoms with Crippen molar-refractivity contribution in [2.24, 2.45) is 0 Å². The Morgan fingerprint density at radius 2 is 2.00 bits per heavy atom. The average Bonchev–Trinajstić information content (AvgIpc) is 3.18. The highest BCUT2D eigenvalue weighted by Gasteiger charge is 2.32. The molecule has 3 rings (SSSR count). The molecule has 1 N–H and O–H groups in total. The number of carbonyl (C=O) groups is 2. The number of aliphatic carboxylic acids is 1. The molecule has 1 aliphatic heterocycles. The molecule has 2 heterocycles. The molecule has 2 fully saturated rings. The molecule has 1 aromatic rings. The summed E-state index contributed by atoms with van der Waals surface area (Å²) in [5.41, 5.74) is 0.444. The van der Waals surface area contributed by atoms with Gasteiger partial charge in [0.2, 0.25) is 0 Å². The maximum absolute atomic E-state index is 12.5. The van der Waals surface area contributed by atoms with Crippen LogP contribution in [0.2, 0.25) is 0 Å². The van der Waals surface area contributed by atoms with Crippen molar-refractivity contribution < 1.29 is 14.7 Å². The number of likely N-dealkylation sites (tertiary alicyclic amines) is 1. The first-order valence-electron chi connectivity index (χ1n) is 7.73. The molecule has 0 aromatic carbocycles. The first-order valence-corrected chi connectivity index (χ1v) is 7.73. The summed E-state index contributed by atoms with van der Waals surface area (Å²) < 4.78 is 1.91. The van der Waals surface area contributed by atoms with Crippen LogP contribution in [0.4, 0.5) is 0 Å². The van der Waals surface area contributed by atoms with Gasteiger partial charge in [-0.15, -0.1) is 0 Å². The molecular weight excluding hydrogens is 270 g/mol. The second-order valence-electron chi connectivity index (χ2n) is 6.01. The van der Waals surface area contributed by atoms with E-state index in [1.165, 1.54) is 12.8 Å². The molecule has 6 nitrogen and oxygen atoms in total. The molecule has 1 aliphatic carbocycles. The third kappa shape index (κ3) is 2.94. The molecule has 1 amide bonds. The predicted molar refractivity (Wildman–Crippen MR) is 76.0 cm³/mol. The first kappa shape index (κ1) is 14.1. The van der Waals surface area contributed by atoms with Crippen LogP contribution in [0, 0.1) is 0 Å². The van der Waals surface area contributed by atoms with E-state index in [0.717, 1.165) is 25.7 Å². The Hall–Kier alpha value is -1.85. The molecule has 1 saturated heterocycles. The van der Waals surface area contributed by atoms with Crippen LogP contribution < -0.4 is 0 Å². The molecular formula is C15H21N3O3. The maximum atomic E-state index is 12.5. The fourth-order valence-electron chi connectivity index (χ4n) is 3.49. The smallest absolute Gasteiger partial charge is 0.305 e. The molecule has 0 bridgehead atoms. The highest BCUT2D eigenvalue weighted by Crippen LogP contribution is 2.29. The van der Waals surface area contributed by atoms with E-state index in [2.05, 4.69) is 5.10 Å². The minimum atomic E-state index is -0.851. The van der Waals surface area contributed by atoms with E-state index in [4.69, 9.17) is 5.11 Å². The number of rotatable bonds is 4. The van der Waals surface area contributed by atoms with Gasteiger partial charge >= 0.3 is 5.97 Å². The maximum Gasteiger partial charge on any atom is 0.305 e. The SMILES string of the molecule is O=C(O)CC1CCCN1C(=O)c1ccn(C2CCCC2)n1. The average molecular weight is 291 g/mol. The van der Waals surface area contributed by atoms with Gasteiger partial charge in [0.25, 0.3) is 5.91 Å². The Labute approximate surface area is 123 Å². The quantitative estimate of drug-likeness (QED) is 0.921. The highest BCUT2D eigenvalue weighted by atomic mass is 16.4. The number of carboxylic acid groups (broad SMARTS) is 1. The van der Waals surface area contributed by atoms with Crippen LogP contribution in [0.1, 0.15) is 61.5 Å². The molecule has 2 aliphatic rings. The molecule has 1 aromatic heterocycles. The van der Waals surface area contributed by atoms with Crippen molar-refractivity contribution in [3.05, 3.63) is 18.0 Å². The Balaban J connectivity index is 1.70. The van der Waals surface area contributed by atoms with Crippen molar-refractivity contribution in [3.8, 4) is 0 Å². The minimum Gasteiger partial charge on any atom is -0.481 e. The van der Waals surface area contributed by atoms with Gasteiger partial charge in [0, 0.05) is 18.8 Å². The zero-order chi connectivity index (χ0) is 14.8. The number of aromatic nitrogens is 2. The zero-order valence-electron chi connectivity index (χ0n) is 12.1. The van der Waals surface area contributed by atoms with Crippen molar-refractivity contribution in [1.29, 1.82) is 0 Å². The summed E-state index contributed by atoms with van der Waals surface area (Å²) >= 11 is 0. The largest absolute Gasteiger partial charge is 0.481 e. The van der Waals surface area contributed by atoms with Crippen LogP contribution in [-0.4, -0.2) is 44.3 Å². The van der Waals surface area contributed by atoms with Gasteiger partial charge in [0.1, 0.15) is 5.69 Å². The van der Waals surface area contributed by atoms with Crippen LogP contribution in [0.25, 0.3) is 0 Å². The van der Waals surface area contributed by atoms with Gasteiger partial charge in [0.05, 0.1) is 12.5 Å². The highest BCUT2D eigenvalue weighted by molar-refractivity contribution is 5.92. The molecule has 0 spiro atoms. The number of hydrogen-bond acceptors (Lipinski definition) is 3. The van der Waals surface area contributed by atoms with Crippen LogP contribution in [0.5, 0.6) is 0 Å². The van der Waals surface area contributed by atoms with E-state index in [-0.39, 0.29) is 18.4 Å². The van der Waals surface area contributed by atoms with Gasteiger partial charge in [-0.2, -0.15) is 5.10 Å². The first-order chi connectivity index (χ1) is 10.1. The van der Waals surface area contributed by atoms with Gasteiger partial charge in [-0.1, -0.05) is 12.8 Å². The third-order valence-corrected chi connectivity index (χ3v) is 4.57. The van der Waals surface area contributed by atoms with E-state index in [1.54, 1.807) is 11.0 Å². The van der Waals surface area contributed by atoms with E-state index in [0.29, 0.717) is 18.3 Å². The summed E-state index contributed by atoms with van der Waals surface area (Å²) in [4.78, 5) is 25.1.